The molecule has 1 amide bonds. The van der Waals surface area contributed by atoms with Crippen molar-refractivity contribution in [3.8, 4) is 0 Å². The molecule has 0 saturated carbocycles. The number of aromatic nitrogens is 1. The summed E-state index contributed by atoms with van der Waals surface area (Å²) in [5, 5.41) is 0. The summed E-state index contributed by atoms with van der Waals surface area (Å²) < 4.78 is 0. The molecule has 3 rings (SSSR count). The number of anilines is 1. The average molecular weight is 281 g/mol. The van der Waals surface area contributed by atoms with Crippen LogP contribution >= 0.6 is 0 Å². The molecular formula is C17H19N3O. The number of hydrogen-bond acceptors (Lipinski definition) is 3. The average Bonchev–Trinajstić information content (AvgIpc) is 2.56. The molecule has 1 aromatic heterocycles. The first-order valence-electron chi connectivity index (χ1n) is 7.23. The van der Waals surface area contributed by atoms with E-state index in [-0.39, 0.29) is 11.9 Å². The van der Waals surface area contributed by atoms with Gasteiger partial charge in [-0.15, -0.1) is 0 Å². The highest BCUT2D eigenvalue weighted by atomic mass is 16.2. The highest BCUT2D eigenvalue weighted by molar-refractivity contribution is 5.73. The Kier molecular flexibility index (Phi) is 3.86. The number of piperazine rings is 1. The molecule has 1 fully saturated rings. The number of hydrogen-bond donors (Lipinski definition) is 0. The second-order valence-corrected chi connectivity index (χ2v) is 5.30. The van der Waals surface area contributed by atoms with E-state index in [1.807, 2.05) is 35.4 Å². The van der Waals surface area contributed by atoms with Gasteiger partial charge in [-0.05, 0) is 23.8 Å². The molecule has 2 heterocycles. The molecule has 1 atom stereocenters. The van der Waals surface area contributed by atoms with E-state index >= 15 is 0 Å². The Morgan fingerprint density at radius 1 is 1.14 bits per heavy atom. The Labute approximate surface area is 125 Å². The minimum Gasteiger partial charge on any atom is -0.361 e. The largest absolute Gasteiger partial charge is 0.361 e. The predicted octanol–water partition coefficient (Wildman–Crippen LogP) is 2.49. The van der Waals surface area contributed by atoms with E-state index in [2.05, 4.69) is 28.1 Å². The quantitative estimate of drug-likeness (QED) is 0.848. The number of rotatable bonds is 2. The summed E-state index contributed by atoms with van der Waals surface area (Å²) in [6, 6.07) is 14.5. The summed E-state index contributed by atoms with van der Waals surface area (Å²) in [6.45, 7) is 3.94. The third kappa shape index (κ3) is 2.89. The first-order chi connectivity index (χ1) is 10.3. The third-order valence-electron chi connectivity index (χ3n) is 3.98. The van der Waals surface area contributed by atoms with E-state index < -0.39 is 0 Å². The Hall–Kier alpha value is -2.36. The van der Waals surface area contributed by atoms with Gasteiger partial charge in [-0.2, -0.15) is 0 Å². The zero-order chi connectivity index (χ0) is 14.7. The van der Waals surface area contributed by atoms with Gasteiger partial charge in [0, 0.05) is 44.6 Å². The predicted molar refractivity (Wildman–Crippen MR) is 83.0 cm³/mol. The lowest BCUT2D eigenvalue weighted by molar-refractivity contribution is -0.129. The van der Waals surface area contributed by atoms with E-state index in [0.717, 1.165) is 18.7 Å². The first kappa shape index (κ1) is 13.6. The summed E-state index contributed by atoms with van der Waals surface area (Å²) in [5.74, 6) is 0.136. The molecule has 1 saturated heterocycles. The van der Waals surface area contributed by atoms with Gasteiger partial charge in [-0.25, -0.2) is 0 Å². The number of carbonyl (C=O) groups excluding carboxylic acids is 1. The minimum absolute atomic E-state index is 0.136. The monoisotopic (exact) mass is 281 g/mol. The minimum atomic E-state index is 0.136. The van der Waals surface area contributed by atoms with Crippen LogP contribution in [0.3, 0.4) is 0 Å². The maximum atomic E-state index is 11.7. The Bertz CT molecular complexity index is 600. The van der Waals surface area contributed by atoms with Crippen molar-refractivity contribution in [3.05, 3.63) is 60.4 Å². The lowest BCUT2D eigenvalue weighted by Gasteiger charge is -2.42. The van der Waals surface area contributed by atoms with E-state index in [9.17, 15) is 4.79 Å². The molecule has 108 valence electrons. The molecule has 21 heavy (non-hydrogen) atoms. The summed E-state index contributed by atoms with van der Waals surface area (Å²) in [4.78, 5) is 20.2. The normalized spacial score (nSPS) is 18.6. The van der Waals surface area contributed by atoms with Crippen LogP contribution < -0.4 is 4.90 Å². The van der Waals surface area contributed by atoms with Gasteiger partial charge in [0.1, 0.15) is 0 Å². The van der Waals surface area contributed by atoms with Crippen LogP contribution in [0.25, 0.3) is 0 Å². The highest BCUT2D eigenvalue weighted by Crippen LogP contribution is 2.30. The van der Waals surface area contributed by atoms with Gasteiger partial charge in [0.05, 0.1) is 6.04 Å². The van der Waals surface area contributed by atoms with E-state index in [0.29, 0.717) is 6.54 Å². The Balaban J connectivity index is 1.93. The molecule has 4 heteroatoms. The second-order valence-electron chi connectivity index (χ2n) is 5.30. The number of benzene rings is 1. The van der Waals surface area contributed by atoms with Crippen LogP contribution in [0.15, 0.2) is 54.9 Å². The molecule has 1 unspecified atom stereocenters. The Morgan fingerprint density at radius 3 is 2.62 bits per heavy atom. The molecule has 1 aliphatic rings. The lowest BCUT2D eigenvalue weighted by Crippen LogP contribution is -2.50. The summed E-state index contributed by atoms with van der Waals surface area (Å²) in [6.07, 6.45) is 3.67. The Morgan fingerprint density at radius 2 is 1.95 bits per heavy atom. The first-order valence-corrected chi connectivity index (χ1v) is 7.23. The molecular weight excluding hydrogens is 262 g/mol. The molecule has 0 N–H and O–H groups in total. The number of pyridine rings is 1. The molecule has 4 nitrogen and oxygen atoms in total. The molecule has 2 aromatic rings. The van der Waals surface area contributed by atoms with Crippen LogP contribution in [-0.4, -0.2) is 35.4 Å². The highest BCUT2D eigenvalue weighted by Gasteiger charge is 2.29. The summed E-state index contributed by atoms with van der Waals surface area (Å²) in [7, 11) is 0. The molecule has 0 aliphatic carbocycles. The SMILES string of the molecule is CC(=O)N1CCN(c2ccccc2)C(c2cccnc2)C1. The van der Waals surface area contributed by atoms with Gasteiger partial charge in [0.2, 0.25) is 5.91 Å². The van der Waals surface area contributed by atoms with Crippen molar-refractivity contribution in [2.45, 2.75) is 13.0 Å². The smallest absolute Gasteiger partial charge is 0.219 e. The zero-order valence-electron chi connectivity index (χ0n) is 12.1. The number of para-hydroxylation sites is 1. The van der Waals surface area contributed by atoms with Crippen molar-refractivity contribution < 1.29 is 4.79 Å². The molecule has 0 spiro atoms. The van der Waals surface area contributed by atoms with Gasteiger partial charge in [0.15, 0.2) is 0 Å². The van der Waals surface area contributed by atoms with E-state index in [1.54, 1.807) is 13.1 Å². The second kappa shape index (κ2) is 5.95. The number of amides is 1. The van der Waals surface area contributed by atoms with Crippen molar-refractivity contribution in [1.82, 2.24) is 9.88 Å². The van der Waals surface area contributed by atoms with Crippen molar-refractivity contribution >= 4 is 11.6 Å². The van der Waals surface area contributed by atoms with Crippen LogP contribution in [0.2, 0.25) is 0 Å². The lowest BCUT2D eigenvalue weighted by atomic mass is 10.0. The van der Waals surface area contributed by atoms with E-state index in [4.69, 9.17) is 0 Å². The topological polar surface area (TPSA) is 36.4 Å². The third-order valence-corrected chi connectivity index (χ3v) is 3.98. The van der Waals surface area contributed by atoms with Crippen LogP contribution in [0.5, 0.6) is 0 Å². The molecule has 0 bridgehead atoms. The summed E-state index contributed by atoms with van der Waals surface area (Å²) in [5.41, 5.74) is 2.34. The maximum Gasteiger partial charge on any atom is 0.219 e. The van der Waals surface area contributed by atoms with Crippen LogP contribution in [0, 0.1) is 0 Å². The van der Waals surface area contributed by atoms with Crippen LogP contribution in [0.4, 0.5) is 5.69 Å². The van der Waals surface area contributed by atoms with Crippen molar-refractivity contribution in [1.29, 1.82) is 0 Å². The van der Waals surface area contributed by atoms with Gasteiger partial charge in [-0.1, -0.05) is 24.3 Å². The fourth-order valence-corrected chi connectivity index (χ4v) is 2.86. The fraction of sp³-hybridized carbons (Fsp3) is 0.294. The van der Waals surface area contributed by atoms with Crippen molar-refractivity contribution in [3.63, 3.8) is 0 Å². The van der Waals surface area contributed by atoms with Crippen molar-refractivity contribution in [2.75, 3.05) is 24.5 Å². The number of nitrogens with zero attached hydrogens (tertiary/aromatic N) is 3. The summed E-state index contributed by atoms with van der Waals surface area (Å²) >= 11 is 0. The van der Waals surface area contributed by atoms with Gasteiger partial charge in [-0.3, -0.25) is 9.78 Å². The van der Waals surface area contributed by atoms with Crippen molar-refractivity contribution in [2.24, 2.45) is 0 Å². The van der Waals surface area contributed by atoms with Crippen LogP contribution in [-0.2, 0) is 4.79 Å². The van der Waals surface area contributed by atoms with Gasteiger partial charge in [0.25, 0.3) is 0 Å². The molecule has 0 radical (unpaired) electrons. The fourth-order valence-electron chi connectivity index (χ4n) is 2.86. The van der Waals surface area contributed by atoms with E-state index in [1.165, 1.54) is 5.69 Å². The zero-order valence-corrected chi connectivity index (χ0v) is 12.1. The van der Waals surface area contributed by atoms with Crippen LogP contribution in [0.1, 0.15) is 18.5 Å². The maximum absolute atomic E-state index is 11.7. The molecule has 1 aromatic carbocycles. The molecule has 1 aliphatic heterocycles. The number of carbonyl (C=O) groups is 1. The standard InChI is InChI=1S/C17H19N3O/c1-14(21)19-10-11-20(16-7-3-2-4-8-16)17(13-19)15-6-5-9-18-12-15/h2-9,12,17H,10-11,13H2,1H3. The van der Waals surface area contributed by atoms with Gasteiger partial charge < -0.3 is 9.80 Å². The van der Waals surface area contributed by atoms with Gasteiger partial charge >= 0.3 is 0 Å².